The Kier molecular flexibility index (Phi) is 4.75. The molecule has 2 aromatic rings. The molecule has 3 N–H and O–H groups in total. The topological polar surface area (TPSA) is 128 Å². The minimum atomic E-state index is -1.16. The van der Waals surface area contributed by atoms with Crippen molar-refractivity contribution in [2.24, 2.45) is 0 Å². The minimum absolute atomic E-state index is 0.120. The molecule has 0 radical (unpaired) electrons. The number of fused-ring (bicyclic) bond motifs is 4. The van der Waals surface area contributed by atoms with E-state index in [1.807, 2.05) is 6.92 Å². The van der Waals surface area contributed by atoms with Crippen LogP contribution in [0.5, 0.6) is 0 Å². The molecule has 2 aliphatic heterocycles. The van der Waals surface area contributed by atoms with Crippen LogP contribution in [0.25, 0.3) is 0 Å². The van der Waals surface area contributed by atoms with E-state index in [0.717, 1.165) is 18.7 Å². The summed E-state index contributed by atoms with van der Waals surface area (Å²) in [5.41, 5.74) is 0.984. The summed E-state index contributed by atoms with van der Waals surface area (Å²) in [6.07, 6.45) is 2.20. The van der Waals surface area contributed by atoms with Gasteiger partial charge in [0.25, 0.3) is 5.91 Å². The van der Waals surface area contributed by atoms with Crippen molar-refractivity contribution in [3.8, 4) is 0 Å². The number of rotatable bonds is 4. The van der Waals surface area contributed by atoms with Crippen LogP contribution in [-0.4, -0.2) is 58.7 Å². The van der Waals surface area contributed by atoms with Crippen molar-refractivity contribution in [3.63, 3.8) is 0 Å². The van der Waals surface area contributed by atoms with Gasteiger partial charge in [0.2, 0.25) is 0 Å². The molecule has 10 heteroatoms. The molecule has 0 aromatic carbocycles. The van der Waals surface area contributed by atoms with E-state index in [0.29, 0.717) is 24.5 Å². The number of hydrogen-bond donors (Lipinski definition) is 3. The van der Waals surface area contributed by atoms with Gasteiger partial charge < -0.3 is 15.3 Å². The van der Waals surface area contributed by atoms with E-state index in [4.69, 9.17) is 0 Å². The smallest absolute Gasteiger partial charge is 0.354 e. The van der Waals surface area contributed by atoms with E-state index < -0.39 is 12.0 Å². The number of carbonyl (C=O) groups is 3. The Bertz CT molecular complexity index is 994. The van der Waals surface area contributed by atoms with E-state index in [9.17, 15) is 19.5 Å². The summed E-state index contributed by atoms with van der Waals surface area (Å²) in [4.78, 5) is 48.3. The number of aromatic carboxylic acids is 1. The van der Waals surface area contributed by atoms with Gasteiger partial charge in [0.15, 0.2) is 11.5 Å². The van der Waals surface area contributed by atoms with Gasteiger partial charge in [-0.1, -0.05) is 0 Å². The maximum Gasteiger partial charge on any atom is 0.354 e. The van der Waals surface area contributed by atoms with Crippen molar-refractivity contribution in [3.05, 3.63) is 41.7 Å². The zero-order valence-electron chi connectivity index (χ0n) is 15.8. The number of nitrogens with one attached hydrogen (secondary N) is 2. The van der Waals surface area contributed by atoms with Gasteiger partial charge in [-0.05, 0) is 37.6 Å². The fraction of sp³-hybridized carbons (Fsp3) is 0.316. The highest BCUT2D eigenvalue weighted by molar-refractivity contribution is 6.05. The maximum absolute atomic E-state index is 13.1. The van der Waals surface area contributed by atoms with Gasteiger partial charge in [0.1, 0.15) is 5.82 Å². The van der Waals surface area contributed by atoms with Crippen LogP contribution >= 0.6 is 0 Å². The SMILES string of the molecule is CCNC(=O)c1ccnc(NC(=O)N2c3nc(C(=O)O)ccc3N3CC[C@H]2C3)c1. The molecule has 2 aromatic heterocycles. The van der Waals surface area contributed by atoms with Gasteiger partial charge >= 0.3 is 12.0 Å². The predicted octanol–water partition coefficient (Wildman–Crippen LogP) is 1.56. The molecular weight excluding hydrogens is 376 g/mol. The van der Waals surface area contributed by atoms with Crippen molar-refractivity contribution in [1.82, 2.24) is 15.3 Å². The monoisotopic (exact) mass is 396 g/mol. The van der Waals surface area contributed by atoms with Crippen molar-refractivity contribution in [2.45, 2.75) is 19.4 Å². The van der Waals surface area contributed by atoms with E-state index in [2.05, 4.69) is 25.5 Å². The third-order valence-electron chi connectivity index (χ3n) is 4.98. The van der Waals surface area contributed by atoms with E-state index >= 15 is 0 Å². The van der Waals surface area contributed by atoms with Crippen molar-refractivity contribution in [2.75, 3.05) is 34.8 Å². The predicted molar refractivity (Wildman–Crippen MR) is 106 cm³/mol. The molecule has 3 amide bonds. The van der Waals surface area contributed by atoms with E-state index in [1.54, 1.807) is 12.1 Å². The summed E-state index contributed by atoms with van der Waals surface area (Å²) in [6.45, 7) is 3.73. The first-order valence-electron chi connectivity index (χ1n) is 9.31. The van der Waals surface area contributed by atoms with Gasteiger partial charge in [-0.15, -0.1) is 0 Å². The van der Waals surface area contributed by atoms with Gasteiger partial charge in [-0.3, -0.25) is 15.0 Å². The molecule has 0 saturated carbocycles. The number of hydrogen-bond acceptors (Lipinski definition) is 6. The number of carbonyl (C=O) groups excluding carboxylic acids is 2. The Balaban J connectivity index is 1.63. The largest absolute Gasteiger partial charge is 0.477 e. The Morgan fingerprint density at radius 3 is 2.86 bits per heavy atom. The number of anilines is 3. The van der Waals surface area contributed by atoms with Crippen LogP contribution in [0.15, 0.2) is 30.5 Å². The number of carboxylic acids is 1. The molecule has 10 nitrogen and oxygen atoms in total. The van der Waals surface area contributed by atoms with E-state index in [-0.39, 0.29) is 23.5 Å². The molecule has 150 valence electrons. The quantitative estimate of drug-likeness (QED) is 0.715. The third kappa shape index (κ3) is 3.44. The zero-order chi connectivity index (χ0) is 20.5. The Morgan fingerprint density at radius 1 is 1.28 bits per heavy atom. The van der Waals surface area contributed by atoms with E-state index in [1.165, 1.54) is 23.2 Å². The average molecular weight is 396 g/mol. The van der Waals surface area contributed by atoms with Crippen LogP contribution in [0.4, 0.5) is 22.1 Å². The number of nitrogens with zero attached hydrogens (tertiary/aromatic N) is 4. The fourth-order valence-corrected chi connectivity index (χ4v) is 3.66. The molecule has 1 fully saturated rings. The number of aromatic nitrogens is 2. The van der Waals surface area contributed by atoms with Crippen LogP contribution in [0.3, 0.4) is 0 Å². The Labute approximate surface area is 166 Å². The van der Waals surface area contributed by atoms with Gasteiger partial charge in [-0.2, -0.15) is 0 Å². The molecule has 29 heavy (non-hydrogen) atoms. The highest BCUT2D eigenvalue weighted by Gasteiger charge is 2.40. The highest BCUT2D eigenvalue weighted by Crippen LogP contribution is 2.39. The number of amides is 3. The number of urea groups is 1. The fourth-order valence-electron chi connectivity index (χ4n) is 3.66. The van der Waals surface area contributed by atoms with Gasteiger partial charge in [0, 0.05) is 31.4 Å². The summed E-state index contributed by atoms with van der Waals surface area (Å²) in [5.74, 6) is -0.864. The second-order valence-electron chi connectivity index (χ2n) is 6.82. The molecule has 1 saturated heterocycles. The zero-order valence-corrected chi connectivity index (χ0v) is 15.8. The van der Waals surface area contributed by atoms with Crippen molar-refractivity contribution < 1.29 is 19.5 Å². The first kappa shape index (κ1) is 18.7. The lowest BCUT2D eigenvalue weighted by Gasteiger charge is -2.35. The van der Waals surface area contributed by atoms with Gasteiger partial charge in [0.05, 0.1) is 11.7 Å². The normalized spacial score (nSPS) is 16.9. The van der Waals surface area contributed by atoms with Crippen LogP contribution in [0, 0.1) is 0 Å². The second-order valence-corrected chi connectivity index (χ2v) is 6.82. The summed E-state index contributed by atoms with van der Waals surface area (Å²) in [7, 11) is 0. The second kappa shape index (κ2) is 7.38. The van der Waals surface area contributed by atoms with Crippen LogP contribution < -0.4 is 20.4 Å². The van der Waals surface area contributed by atoms with Crippen molar-refractivity contribution in [1.29, 1.82) is 0 Å². The third-order valence-corrected chi connectivity index (χ3v) is 4.98. The standard InChI is InChI=1S/C19H20N6O4/c1-2-20-17(26)11-5-7-21-15(9-11)23-19(29)25-12-6-8-24(10-12)14-4-3-13(18(27)28)22-16(14)25/h3-5,7,9,12H,2,6,8,10H2,1H3,(H,20,26)(H,27,28)(H,21,23,29)/t12-/m0/s1. The van der Waals surface area contributed by atoms with Crippen LogP contribution in [0.1, 0.15) is 34.2 Å². The number of carboxylic acid groups (broad SMARTS) is 1. The maximum atomic E-state index is 13.1. The summed E-state index contributed by atoms with van der Waals surface area (Å²) in [5, 5.41) is 14.7. The first-order chi connectivity index (χ1) is 14.0. The lowest BCUT2D eigenvalue weighted by molar-refractivity contribution is 0.0690. The Hall–Kier alpha value is -3.69. The summed E-state index contributed by atoms with van der Waals surface area (Å²) >= 11 is 0. The summed E-state index contributed by atoms with van der Waals surface area (Å²) in [6, 6.07) is 5.59. The number of pyridine rings is 2. The summed E-state index contributed by atoms with van der Waals surface area (Å²) < 4.78 is 0. The first-order valence-corrected chi connectivity index (χ1v) is 9.31. The molecule has 2 bridgehead atoms. The molecule has 4 rings (SSSR count). The van der Waals surface area contributed by atoms with Crippen molar-refractivity contribution >= 4 is 35.2 Å². The van der Waals surface area contributed by atoms with Crippen LogP contribution in [-0.2, 0) is 0 Å². The molecule has 0 unspecified atom stereocenters. The lowest BCUT2D eigenvalue weighted by Crippen LogP contribution is -2.48. The Morgan fingerprint density at radius 2 is 2.10 bits per heavy atom. The highest BCUT2D eigenvalue weighted by atomic mass is 16.4. The average Bonchev–Trinajstić information content (AvgIpc) is 3.12. The van der Waals surface area contributed by atoms with Crippen LogP contribution in [0.2, 0.25) is 0 Å². The molecule has 2 aliphatic rings. The molecule has 0 spiro atoms. The molecule has 4 heterocycles. The van der Waals surface area contributed by atoms with Gasteiger partial charge in [-0.25, -0.2) is 19.6 Å². The molecular formula is C19H20N6O4. The molecule has 0 aliphatic carbocycles. The lowest BCUT2D eigenvalue weighted by atomic mass is 10.1. The molecule has 1 atom stereocenters. The minimum Gasteiger partial charge on any atom is -0.477 e.